The van der Waals surface area contributed by atoms with Crippen molar-refractivity contribution in [1.29, 1.82) is 0 Å². The Morgan fingerprint density at radius 1 is 1.50 bits per heavy atom. The molecule has 1 aliphatic rings. The summed E-state index contributed by atoms with van der Waals surface area (Å²) in [4.78, 5) is 13.6. The zero-order valence-electron chi connectivity index (χ0n) is 9.13. The van der Waals surface area contributed by atoms with E-state index in [1.165, 1.54) is 0 Å². The van der Waals surface area contributed by atoms with Gasteiger partial charge in [0, 0.05) is 25.4 Å². The molecule has 0 aliphatic carbocycles. The maximum atomic E-state index is 11.6. The predicted molar refractivity (Wildman–Crippen MR) is 59.5 cm³/mol. The molecule has 14 heavy (non-hydrogen) atoms. The Kier molecular flexibility index (Phi) is 4.73. The molecule has 0 saturated carbocycles. The number of carbonyl (C=O) groups excluding carboxylic acids is 1. The second-order valence-electron chi connectivity index (χ2n) is 4.21. The molecule has 82 valence electrons. The van der Waals surface area contributed by atoms with E-state index < -0.39 is 0 Å². The normalized spacial score (nSPS) is 22.4. The molecule has 2 nitrogen and oxygen atoms in total. The highest BCUT2D eigenvalue weighted by Gasteiger charge is 2.29. The minimum absolute atomic E-state index is 0.294. The van der Waals surface area contributed by atoms with E-state index in [2.05, 4.69) is 13.8 Å². The van der Waals surface area contributed by atoms with Crippen LogP contribution >= 0.6 is 11.6 Å². The zero-order chi connectivity index (χ0) is 10.6. The summed E-state index contributed by atoms with van der Waals surface area (Å²) in [5.74, 6) is 1.96. The molecule has 0 N–H and O–H groups in total. The zero-order valence-corrected chi connectivity index (χ0v) is 9.89. The molecule has 0 radical (unpaired) electrons. The number of hydrogen-bond donors (Lipinski definition) is 0. The molecule has 1 atom stereocenters. The average Bonchev–Trinajstić information content (AvgIpc) is 2.56. The Morgan fingerprint density at radius 2 is 2.14 bits per heavy atom. The first-order valence-corrected chi connectivity index (χ1v) is 6.08. The summed E-state index contributed by atoms with van der Waals surface area (Å²) < 4.78 is 0. The van der Waals surface area contributed by atoms with Gasteiger partial charge < -0.3 is 4.90 Å². The van der Waals surface area contributed by atoms with Gasteiger partial charge in [0.15, 0.2) is 0 Å². The number of nitrogens with zero attached hydrogens (tertiary/aromatic N) is 1. The topological polar surface area (TPSA) is 20.3 Å². The van der Waals surface area contributed by atoms with Crippen molar-refractivity contribution in [3.8, 4) is 0 Å². The van der Waals surface area contributed by atoms with Gasteiger partial charge in [-0.05, 0) is 11.8 Å². The Hall–Kier alpha value is -0.240. The minimum Gasteiger partial charge on any atom is -0.342 e. The van der Waals surface area contributed by atoms with Gasteiger partial charge in [0.1, 0.15) is 0 Å². The van der Waals surface area contributed by atoms with Gasteiger partial charge in [-0.2, -0.15) is 0 Å². The average molecular weight is 218 g/mol. The lowest BCUT2D eigenvalue weighted by Crippen LogP contribution is -2.30. The molecule has 1 rings (SSSR count). The van der Waals surface area contributed by atoms with E-state index in [1.807, 2.05) is 4.90 Å². The molecule has 3 heteroatoms. The summed E-state index contributed by atoms with van der Waals surface area (Å²) in [7, 11) is 0. The number of rotatable bonds is 5. The first-order chi connectivity index (χ1) is 6.71. The molecule has 0 aromatic carbocycles. The third-order valence-corrected chi connectivity index (χ3v) is 3.58. The summed E-state index contributed by atoms with van der Waals surface area (Å²) in [5, 5.41) is 0. The van der Waals surface area contributed by atoms with Crippen molar-refractivity contribution < 1.29 is 4.79 Å². The lowest BCUT2D eigenvalue weighted by molar-refractivity contribution is -0.128. The van der Waals surface area contributed by atoms with Gasteiger partial charge in [0.05, 0.1) is 0 Å². The summed E-state index contributed by atoms with van der Waals surface area (Å²) in [6.07, 6.45) is 2.97. The van der Waals surface area contributed by atoms with Crippen LogP contribution in [0.4, 0.5) is 0 Å². The standard InChI is InChI=1S/C11H20ClNO/c1-3-9(4-2)7-13-8-10(6-12)5-11(13)14/h9-10H,3-8H2,1-2H3. The minimum atomic E-state index is 0.294. The summed E-state index contributed by atoms with van der Waals surface area (Å²) in [6.45, 7) is 6.18. The molecule has 1 saturated heterocycles. The van der Waals surface area contributed by atoms with E-state index in [0.29, 0.717) is 30.0 Å². The summed E-state index contributed by atoms with van der Waals surface area (Å²) in [6, 6.07) is 0. The predicted octanol–water partition coefficient (Wildman–Crippen LogP) is 2.51. The van der Waals surface area contributed by atoms with Crippen LogP contribution in [0.15, 0.2) is 0 Å². The van der Waals surface area contributed by atoms with E-state index in [9.17, 15) is 4.79 Å². The molecule has 0 aromatic rings. The first kappa shape index (κ1) is 11.8. The SMILES string of the molecule is CCC(CC)CN1CC(CCl)CC1=O. The first-order valence-electron chi connectivity index (χ1n) is 5.54. The number of alkyl halides is 1. The van der Waals surface area contributed by atoms with Crippen molar-refractivity contribution in [2.24, 2.45) is 11.8 Å². The van der Waals surface area contributed by atoms with E-state index in [0.717, 1.165) is 25.9 Å². The second kappa shape index (κ2) is 5.59. The summed E-state index contributed by atoms with van der Waals surface area (Å²) >= 11 is 5.76. The Balaban J connectivity index is 2.41. The van der Waals surface area contributed by atoms with Crippen LogP contribution < -0.4 is 0 Å². The highest BCUT2D eigenvalue weighted by molar-refractivity contribution is 6.18. The van der Waals surface area contributed by atoms with Crippen LogP contribution in [-0.2, 0) is 4.79 Å². The van der Waals surface area contributed by atoms with Crippen LogP contribution in [0.2, 0.25) is 0 Å². The van der Waals surface area contributed by atoms with Gasteiger partial charge in [0.25, 0.3) is 0 Å². The maximum absolute atomic E-state index is 11.6. The molecule has 1 fully saturated rings. The number of amides is 1. The quantitative estimate of drug-likeness (QED) is 0.648. The summed E-state index contributed by atoms with van der Waals surface area (Å²) in [5.41, 5.74) is 0. The van der Waals surface area contributed by atoms with E-state index >= 15 is 0 Å². The van der Waals surface area contributed by atoms with Crippen molar-refractivity contribution in [3.05, 3.63) is 0 Å². The van der Waals surface area contributed by atoms with Gasteiger partial charge in [0.2, 0.25) is 5.91 Å². The Morgan fingerprint density at radius 3 is 2.57 bits per heavy atom. The van der Waals surface area contributed by atoms with Crippen molar-refractivity contribution in [3.63, 3.8) is 0 Å². The molecule has 1 unspecified atom stereocenters. The molecule has 1 heterocycles. The van der Waals surface area contributed by atoms with E-state index in [1.54, 1.807) is 0 Å². The van der Waals surface area contributed by atoms with Crippen molar-refractivity contribution in [2.75, 3.05) is 19.0 Å². The van der Waals surface area contributed by atoms with Gasteiger partial charge in [-0.25, -0.2) is 0 Å². The third-order valence-electron chi connectivity index (χ3n) is 3.15. The van der Waals surface area contributed by atoms with Gasteiger partial charge in [-0.15, -0.1) is 11.6 Å². The number of hydrogen-bond acceptors (Lipinski definition) is 1. The largest absolute Gasteiger partial charge is 0.342 e. The molecular formula is C11H20ClNO. The monoisotopic (exact) mass is 217 g/mol. The molecule has 1 aliphatic heterocycles. The fraction of sp³-hybridized carbons (Fsp3) is 0.909. The van der Waals surface area contributed by atoms with Crippen LogP contribution in [0.1, 0.15) is 33.1 Å². The second-order valence-corrected chi connectivity index (χ2v) is 4.51. The molecule has 1 amide bonds. The number of halogens is 1. The molecular weight excluding hydrogens is 198 g/mol. The van der Waals surface area contributed by atoms with Crippen LogP contribution in [-0.4, -0.2) is 29.8 Å². The van der Waals surface area contributed by atoms with Gasteiger partial charge in [-0.1, -0.05) is 26.7 Å². The number of likely N-dealkylation sites (tertiary alicyclic amines) is 1. The maximum Gasteiger partial charge on any atom is 0.222 e. The van der Waals surface area contributed by atoms with Crippen molar-refractivity contribution >= 4 is 17.5 Å². The van der Waals surface area contributed by atoms with E-state index in [-0.39, 0.29) is 0 Å². The van der Waals surface area contributed by atoms with Crippen molar-refractivity contribution in [2.45, 2.75) is 33.1 Å². The van der Waals surface area contributed by atoms with Crippen LogP contribution in [0, 0.1) is 11.8 Å². The fourth-order valence-electron chi connectivity index (χ4n) is 1.99. The Labute approximate surface area is 91.6 Å². The van der Waals surface area contributed by atoms with Crippen molar-refractivity contribution in [1.82, 2.24) is 4.90 Å². The Bertz CT molecular complexity index is 192. The van der Waals surface area contributed by atoms with E-state index in [4.69, 9.17) is 11.6 Å². The lowest BCUT2D eigenvalue weighted by atomic mass is 10.0. The lowest BCUT2D eigenvalue weighted by Gasteiger charge is -2.22. The number of carbonyl (C=O) groups is 1. The van der Waals surface area contributed by atoms with Crippen LogP contribution in [0.25, 0.3) is 0 Å². The molecule has 0 aromatic heterocycles. The van der Waals surface area contributed by atoms with Gasteiger partial charge >= 0.3 is 0 Å². The third kappa shape index (κ3) is 2.88. The fourth-order valence-corrected chi connectivity index (χ4v) is 2.20. The van der Waals surface area contributed by atoms with Crippen LogP contribution in [0.3, 0.4) is 0 Å². The van der Waals surface area contributed by atoms with Gasteiger partial charge in [-0.3, -0.25) is 4.79 Å². The molecule has 0 bridgehead atoms. The smallest absolute Gasteiger partial charge is 0.222 e. The highest BCUT2D eigenvalue weighted by Crippen LogP contribution is 2.21. The van der Waals surface area contributed by atoms with Crippen LogP contribution in [0.5, 0.6) is 0 Å². The highest BCUT2D eigenvalue weighted by atomic mass is 35.5. The molecule has 0 spiro atoms.